The van der Waals surface area contributed by atoms with Crippen LogP contribution in [0.1, 0.15) is 0 Å². The monoisotopic (exact) mass is 666 g/mol. The molecule has 0 bridgehead atoms. The van der Waals surface area contributed by atoms with E-state index in [0.717, 1.165) is 0 Å². The summed E-state index contributed by atoms with van der Waals surface area (Å²) >= 11 is 0. The Morgan fingerprint density at radius 3 is 1.02 bits per heavy atom. The molecular weight excluding hydrogens is 624 g/mol. The van der Waals surface area contributed by atoms with Crippen LogP contribution in [0.4, 0.5) is 0 Å². The third kappa shape index (κ3) is 7.44. The van der Waals surface area contributed by atoms with Crippen molar-refractivity contribution in [1.82, 2.24) is 0 Å². The van der Waals surface area contributed by atoms with Crippen LogP contribution >= 0.6 is 0 Å². The SMILES string of the molecule is OCC1O[C@H](O[C@@H]2C(O)[C@@H](O[C@@H]3C(O)[C@H](O[C@@H]4C(O)C(O)OC(CO)[C@H]4O)OC(CO)[C@H]3O)OC(CO)[C@H]2O)C(O)[C@@H](O)[C@@H]1O. The highest BCUT2D eigenvalue weighted by Crippen LogP contribution is 2.34. The highest BCUT2D eigenvalue weighted by Gasteiger charge is 2.55. The summed E-state index contributed by atoms with van der Waals surface area (Å²) in [6.07, 6.45) is -36.1. The van der Waals surface area contributed by atoms with E-state index < -0.39 is 149 Å². The van der Waals surface area contributed by atoms with Crippen LogP contribution < -0.4 is 0 Å². The minimum atomic E-state index is -2.05. The second-order valence-electron chi connectivity index (χ2n) is 11.1. The van der Waals surface area contributed by atoms with E-state index in [4.69, 9.17) is 33.2 Å². The summed E-state index contributed by atoms with van der Waals surface area (Å²) in [6.45, 7) is -3.42. The van der Waals surface area contributed by atoms with Crippen molar-refractivity contribution in [2.75, 3.05) is 26.4 Å². The average Bonchev–Trinajstić information content (AvgIpc) is 3.02. The summed E-state index contributed by atoms with van der Waals surface area (Å²) in [5.74, 6) is 0. The number of hydrogen-bond acceptors (Lipinski definition) is 21. The number of hydrogen-bond donors (Lipinski definition) is 14. The van der Waals surface area contributed by atoms with Gasteiger partial charge in [-0.25, -0.2) is 0 Å². The van der Waals surface area contributed by atoms with E-state index in [2.05, 4.69) is 0 Å². The topological polar surface area (TPSA) is 348 Å². The van der Waals surface area contributed by atoms with E-state index in [1.807, 2.05) is 0 Å². The van der Waals surface area contributed by atoms with Crippen LogP contribution in [0.3, 0.4) is 0 Å². The van der Waals surface area contributed by atoms with Crippen molar-refractivity contribution in [3.8, 4) is 0 Å². The Morgan fingerprint density at radius 1 is 0.333 bits per heavy atom. The number of aliphatic hydroxyl groups is 14. The van der Waals surface area contributed by atoms with Gasteiger partial charge in [0.25, 0.3) is 0 Å². The maximum absolute atomic E-state index is 11.1. The first-order valence-corrected chi connectivity index (χ1v) is 14.1. The Kier molecular flexibility index (Phi) is 12.8. The molecule has 20 atom stereocenters. The molecular formula is C24H42O21. The van der Waals surface area contributed by atoms with Crippen molar-refractivity contribution in [3.05, 3.63) is 0 Å². The van der Waals surface area contributed by atoms with Crippen LogP contribution in [0.5, 0.6) is 0 Å². The van der Waals surface area contributed by atoms with Crippen molar-refractivity contribution >= 4 is 0 Å². The van der Waals surface area contributed by atoms with Crippen LogP contribution in [0.15, 0.2) is 0 Å². The molecule has 4 aliphatic heterocycles. The zero-order chi connectivity index (χ0) is 33.3. The van der Waals surface area contributed by atoms with Crippen LogP contribution in [0.25, 0.3) is 0 Å². The molecule has 4 saturated heterocycles. The molecule has 0 aromatic heterocycles. The number of rotatable bonds is 10. The predicted molar refractivity (Wildman–Crippen MR) is 134 cm³/mol. The van der Waals surface area contributed by atoms with Gasteiger partial charge in [-0.1, -0.05) is 0 Å². The van der Waals surface area contributed by atoms with Gasteiger partial charge in [0.15, 0.2) is 25.2 Å². The summed E-state index contributed by atoms with van der Waals surface area (Å²) in [6, 6.07) is 0. The van der Waals surface area contributed by atoms with Crippen LogP contribution in [0, 0.1) is 0 Å². The Morgan fingerprint density at radius 2 is 0.644 bits per heavy atom. The quantitative estimate of drug-likeness (QED) is 0.103. The maximum Gasteiger partial charge on any atom is 0.187 e. The van der Waals surface area contributed by atoms with E-state index in [9.17, 15) is 71.5 Å². The highest BCUT2D eigenvalue weighted by atomic mass is 16.8. The largest absolute Gasteiger partial charge is 0.394 e. The first-order chi connectivity index (χ1) is 21.3. The lowest BCUT2D eigenvalue weighted by Crippen LogP contribution is -2.67. The summed E-state index contributed by atoms with van der Waals surface area (Å²) in [7, 11) is 0. The van der Waals surface area contributed by atoms with Gasteiger partial charge in [0.1, 0.15) is 97.7 Å². The molecule has 21 heteroatoms. The molecule has 0 aromatic carbocycles. The summed E-state index contributed by atoms with van der Waals surface area (Å²) in [5, 5.41) is 143. The third-order valence-electron chi connectivity index (χ3n) is 8.21. The molecule has 0 saturated carbocycles. The van der Waals surface area contributed by atoms with Crippen molar-refractivity contribution < 1.29 is 105 Å². The van der Waals surface area contributed by atoms with Gasteiger partial charge in [-0.3, -0.25) is 0 Å². The van der Waals surface area contributed by atoms with Gasteiger partial charge < -0.3 is 105 Å². The molecule has 21 nitrogen and oxygen atoms in total. The lowest BCUT2D eigenvalue weighted by molar-refractivity contribution is -0.389. The molecule has 14 N–H and O–H groups in total. The van der Waals surface area contributed by atoms with Gasteiger partial charge in [0, 0.05) is 0 Å². The molecule has 264 valence electrons. The molecule has 0 aromatic rings. The summed E-state index contributed by atoms with van der Waals surface area (Å²) < 4.78 is 37.5. The molecule has 0 aliphatic carbocycles. The molecule has 4 heterocycles. The molecule has 0 spiro atoms. The first-order valence-electron chi connectivity index (χ1n) is 14.1. The lowest BCUT2D eigenvalue weighted by Gasteiger charge is -2.49. The Bertz CT molecular complexity index is 916. The molecule has 9 unspecified atom stereocenters. The third-order valence-corrected chi connectivity index (χ3v) is 8.21. The fourth-order valence-electron chi connectivity index (χ4n) is 5.53. The van der Waals surface area contributed by atoms with Crippen molar-refractivity contribution in [2.24, 2.45) is 0 Å². The van der Waals surface area contributed by atoms with Gasteiger partial charge in [0.05, 0.1) is 26.4 Å². The van der Waals surface area contributed by atoms with Gasteiger partial charge >= 0.3 is 0 Å². The van der Waals surface area contributed by atoms with E-state index in [1.54, 1.807) is 0 Å². The number of ether oxygens (including phenoxy) is 7. The average molecular weight is 667 g/mol. The fourth-order valence-corrected chi connectivity index (χ4v) is 5.53. The van der Waals surface area contributed by atoms with E-state index >= 15 is 0 Å². The van der Waals surface area contributed by atoms with Crippen LogP contribution in [-0.4, -0.2) is 221 Å². The molecule has 0 radical (unpaired) electrons. The van der Waals surface area contributed by atoms with Gasteiger partial charge in [-0.2, -0.15) is 0 Å². The van der Waals surface area contributed by atoms with Crippen molar-refractivity contribution in [3.63, 3.8) is 0 Å². The van der Waals surface area contributed by atoms with Gasteiger partial charge in [-0.05, 0) is 0 Å². The normalized spacial score (nSPS) is 52.9. The van der Waals surface area contributed by atoms with Crippen molar-refractivity contribution in [1.29, 1.82) is 0 Å². The minimum absolute atomic E-state index is 0.802. The van der Waals surface area contributed by atoms with Gasteiger partial charge in [-0.15, -0.1) is 0 Å². The highest BCUT2D eigenvalue weighted by molar-refractivity contribution is 4.97. The van der Waals surface area contributed by atoms with E-state index in [-0.39, 0.29) is 0 Å². The maximum atomic E-state index is 11.1. The second-order valence-corrected chi connectivity index (χ2v) is 11.1. The Hall–Kier alpha value is -0.840. The van der Waals surface area contributed by atoms with E-state index in [0.29, 0.717) is 0 Å². The lowest BCUT2D eigenvalue weighted by atomic mass is 9.95. The van der Waals surface area contributed by atoms with Crippen molar-refractivity contribution in [2.45, 2.75) is 123 Å². The summed E-state index contributed by atoms with van der Waals surface area (Å²) in [5.41, 5.74) is 0. The molecule has 45 heavy (non-hydrogen) atoms. The molecule has 4 aliphatic rings. The predicted octanol–water partition coefficient (Wildman–Crippen LogP) is -9.75. The second kappa shape index (κ2) is 15.6. The van der Waals surface area contributed by atoms with Crippen LogP contribution in [0.2, 0.25) is 0 Å². The fraction of sp³-hybridized carbons (Fsp3) is 1.00. The Balaban J connectivity index is 1.53. The molecule has 0 amide bonds. The zero-order valence-electron chi connectivity index (χ0n) is 23.5. The minimum Gasteiger partial charge on any atom is -0.394 e. The van der Waals surface area contributed by atoms with E-state index in [1.165, 1.54) is 0 Å². The first kappa shape index (κ1) is 37.0. The zero-order valence-corrected chi connectivity index (χ0v) is 23.5. The molecule has 4 rings (SSSR count). The van der Waals surface area contributed by atoms with Crippen LogP contribution in [-0.2, 0) is 33.2 Å². The Labute approximate surface area is 254 Å². The molecule has 4 fully saturated rings. The number of aliphatic hydroxyl groups excluding tert-OH is 14. The summed E-state index contributed by atoms with van der Waals surface area (Å²) in [4.78, 5) is 0. The van der Waals surface area contributed by atoms with Gasteiger partial charge in [0.2, 0.25) is 0 Å². The standard InChI is InChI=1S/C24H42O21/c25-1-5-9(29)13(33)14(34)22(40-5)44-19-11(31)7(3-27)42-24(16(19)36)45-20-12(32)8(4-28)41-23(17(20)37)43-18-10(30)6(2-26)39-21(38)15(18)35/h5-38H,1-4H2/t5?,6?,7?,8?,9-,10-,11-,12-,13+,14?,15?,16?,17?,18+,19+,20+,21?,22-,23+,24-/m1/s1. The smallest absolute Gasteiger partial charge is 0.187 e.